The van der Waals surface area contributed by atoms with Crippen molar-refractivity contribution < 1.29 is 26.6 Å². The number of rotatable bonds is 7. The summed E-state index contributed by atoms with van der Waals surface area (Å²) in [4.78, 5) is 13.6. The number of nitrogens with one attached hydrogen (secondary N) is 1. The van der Waals surface area contributed by atoms with Crippen molar-refractivity contribution in [3.8, 4) is 0 Å². The zero-order chi connectivity index (χ0) is 18.8. The number of alkyl halides is 2. The van der Waals surface area contributed by atoms with Crippen LogP contribution in [0.15, 0.2) is 27.6 Å². The monoisotopic (exact) mass is 376 g/mol. The van der Waals surface area contributed by atoms with Gasteiger partial charge in [0.05, 0.1) is 15.9 Å². The fourth-order valence-electron chi connectivity index (χ4n) is 2.06. The lowest BCUT2D eigenvalue weighted by molar-refractivity contribution is -0.384. The van der Waals surface area contributed by atoms with Crippen LogP contribution in [0.4, 0.5) is 20.2 Å². The fourth-order valence-corrected chi connectivity index (χ4v) is 2.80. The third-order valence-corrected chi connectivity index (χ3v) is 4.70. The third kappa shape index (κ3) is 3.90. The van der Waals surface area contributed by atoms with Gasteiger partial charge in [0, 0.05) is 13.0 Å². The number of aromatic nitrogens is 2. The number of anilines is 1. The van der Waals surface area contributed by atoms with E-state index in [9.17, 15) is 27.3 Å². The molecule has 0 aliphatic rings. The minimum Gasteiger partial charge on any atom is -0.369 e. The van der Waals surface area contributed by atoms with Crippen LogP contribution in [-0.2, 0) is 9.84 Å². The van der Waals surface area contributed by atoms with Gasteiger partial charge >= 0.3 is 5.76 Å². The quantitative estimate of drug-likeness (QED) is 0.577. The van der Waals surface area contributed by atoms with E-state index >= 15 is 0 Å². The van der Waals surface area contributed by atoms with E-state index in [4.69, 9.17) is 4.52 Å². The molecule has 1 N–H and O–H groups in total. The molecule has 25 heavy (non-hydrogen) atoms. The molecule has 1 aromatic heterocycles. The summed E-state index contributed by atoms with van der Waals surface area (Å²) in [6.45, 7) is 3.35. The Bertz CT molecular complexity index is 884. The first-order valence-corrected chi connectivity index (χ1v) is 8.58. The number of nitro benzene ring substituents is 1. The Balaban J connectivity index is 2.42. The van der Waals surface area contributed by atoms with Crippen molar-refractivity contribution in [2.24, 2.45) is 0 Å². The van der Waals surface area contributed by atoms with Gasteiger partial charge in [-0.05, 0) is 18.6 Å². The normalized spacial score (nSPS) is 13.0. The predicted molar refractivity (Wildman–Crippen MR) is 82.0 cm³/mol. The molecule has 0 radical (unpaired) electrons. The van der Waals surface area contributed by atoms with Gasteiger partial charge in [-0.15, -0.1) is 0 Å². The minimum absolute atomic E-state index is 0.0486. The molecular formula is C13H14F2N4O5S. The predicted octanol–water partition coefficient (Wildman–Crippen LogP) is 2.85. The van der Waals surface area contributed by atoms with Gasteiger partial charge in [0.15, 0.2) is 5.82 Å². The molecule has 0 aliphatic heterocycles. The highest BCUT2D eigenvalue weighted by atomic mass is 32.2. The number of nitro groups is 1. The van der Waals surface area contributed by atoms with E-state index in [1.165, 1.54) is 0 Å². The molecular weight excluding hydrogens is 362 g/mol. The molecule has 1 aromatic carbocycles. The number of benzene rings is 1. The van der Waals surface area contributed by atoms with Crippen molar-refractivity contribution in [2.75, 3.05) is 5.32 Å². The van der Waals surface area contributed by atoms with Gasteiger partial charge < -0.3 is 9.84 Å². The van der Waals surface area contributed by atoms with Gasteiger partial charge in [0.2, 0.25) is 15.7 Å². The maximum atomic E-state index is 12.6. The first kappa shape index (κ1) is 18.7. The van der Waals surface area contributed by atoms with Crippen molar-refractivity contribution in [2.45, 2.75) is 37.0 Å². The summed E-state index contributed by atoms with van der Waals surface area (Å²) >= 11 is 0. The molecule has 1 heterocycles. The molecule has 9 nitrogen and oxygen atoms in total. The van der Waals surface area contributed by atoms with E-state index in [0.717, 1.165) is 12.1 Å². The molecule has 0 saturated heterocycles. The van der Waals surface area contributed by atoms with Gasteiger partial charge in [-0.25, -0.2) is 8.42 Å². The molecule has 1 atom stereocenters. The molecule has 2 aromatic rings. The van der Waals surface area contributed by atoms with Crippen molar-refractivity contribution in [3.05, 3.63) is 40.0 Å². The highest BCUT2D eigenvalue weighted by molar-refractivity contribution is 7.91. The molecule has 0 bridgehead atoms. The van der Waals surface area contributed by atoms with Crippen LogP contribution in [0.2, 0.25) is 0 Å². The summed E-state index contributed by atoms with van der Waals surface area (Å²) in [7, 11) is -4.94. The van der Waals surface area contributed by atoms with E-state index in [2.05, 4.69) is 15.5 Å². The number of halogens is 2. The third-order valence-electron chi connectivity index (χ3n) is 3.32. The highest BCUT2D eigenvalue weighted by Gasteiger charge is 2.30. The Morgan fingerprint density at radius 3 is 2.56 bits per heavy atom. The number of nitrogens with zero attached hydrogens (tertiary/aromatic N) is 3. The van der Waals surface area contributed by atoms with Crippen molar-refractivity contribution in [1.29, 1.82) is 0 Å². The average Bonchev–Trinajstić information content (AvgIpc) is 2.98. The van der Waals surface area contributed by atoms with Gasteiger partial charge in [-0.3, -0.25) is 10.1 Å². The van der Waals surface area contributed by atoms with Crippen LogP contribution in [0.3, 0.4) is 0 Å². The molecule has 0 amide bonds. The van der Waals surface area contributed by atoms with Crippen molar-refractivity contribution >= 4 is 21.2 Å². The van der Waals surface area contributed by atoms with Crippen molar-refractivity contribution in [3.63, 3.8) is 0 Å². The van der Waals surface area contributed by atoms with Crippen LogP contribution < -0.4 is 5.32 Å². The zero-order valence-electron chi connectivity index (χ0n) is 13.1. The first-order chi connectivity index (χ1) is 11.7. The second-order valence-electron chi connectivity index (χ2n) is 5.02. The van der Waals surface area contributed by atoms with Crippen LogP contribution in [0.5, 0.6) is 0 Å². The second kappa shape index (κ2) is 7.09. The standard InChI is InChI=1S/C13H14F2N4O5S/c1-3-9(12-16-7(2)24-18-12)17-10-5-4-8(6-11(10)19(20)21)25(22,23)13(14)15/h4-6,9,13,17H,3H2,1-2H3. The van der Waals surface area contributed by atoms with E-state index in [0.29, 0.717) is 18.4 Å². The largest absolute Gasteiger partial charge is 0.369 e. The molecule has 136 valence electrons. The Labute approximate surface area is 141 Å². The van der Waals surface area contributed by atoms with Gasteiger partial charge in [-0.1, -0.05) is 12.1 Å². The molecule has 0 aliphatic carbocycles. The molecule has 1 unspecified atom stereocenters. The zero-order valence-corrected chi connectivity index (χ0v) is 14.0. The Morgan fingerprint density at radius 2 is 2.08 bits per heavy atom. The van der Waals surface area contributed by atoms with Crippen LogP contribution in [0.1, 0.15) is 31.1 Å². The van der Waals surface area contributed by atoms with Crippen LogP contribution in [0.25, 0.3) is 0 Å². The Morgan fingerprint density at radius 1 is 1.40 bits per heavy atom. The molecule has 0 fully saturated rings. The van der Waals surface area contributed by atoms with Crippen LogP contribution >= 0.6 is 0 Å². The van der Waals surface area contributed by atoms with Gasteiger partial charge in [0.25, 0.3) is 5.69 Å². The highest BCUT2D eigenvalue weighted by Crippen LogP contribution is 2.32. The lowest BCUT2D eigenvalue weighted by atomic mass is 10.2. The number of aryl methyl sites for hydroxylation is 1. The molecule has 0 spiro atoms. The van der Waals surface area contributed by atoms with E-state index in [1.54, 1.807) is 13.8 Å². The molecule has 2 rings (SSSR count). The summed E-state index contributed by atoms with van der Waals surface area (Å²) in [5, 5.41) is 17.7. The van der Waals surface area contributed by atoms with Gasteiger partial charge in [0.1, 0.15) is 5.69 Å². The van der Waals surface area contributed by atoms with Gasteiger partial charge in [-0.2, -0.15) is 13.8 Å². The average molecular weight is 376 g/mol. The summed E-state index contributed by atoms with van der Waals surface area (Å²) < 4.78 is 53.1. The topological polar surface area (TPSA) is 128 Å². The smallest absolute Gasteiger partial charge is 0.341 e. The Hall–Kier alpha value is -2.63. The lowest BCUT2D eigenvalue weighted by Crippen LogP contribution is -2.14. The van der Waals surface area contributed by atoms with E-state index in [1.807, 2.05) is 0 Å². The molecule has 0 saturated carbocycles. The number of hydrogen-bond acceptors (Lipinski definition) is 8. The Kier molecular flexibility index (Phi) is 5.30. The van der Waals surface area contributed by atoms with Crippen LogP contribution in [0, 0.1) is 17.0 Å². The SMILES string of the molecule is CCC(Nc1ccc(S(=O)(=O)C(F)F)cc1[N+](=O)[O-])c1noc(C)n1. The second-order valence-corrected chi connectivity index (χ2v) is 6.94. The van der Waals surface area contributed by atoms with E-state index in [-0.39, 0.29) is 11.5 Å². The summed E-state index contributed by atoms with van der Waals surface area (Å²) in [5.41, 5.74) is -0.701. The fraction of sp³-hybridized carbons (Fsp3) is 0.385. The summed E-state index contributed by atoms with van der Waals surface area (Å²) in [6, 6.07) is 1.99. The van der Waals surface area contributed by atoms with E-state index < -0.39 is 37.1 Å². The number of sulfone groups is 1. The van der Waals surface area contributed by atoms with Crippen molar-refractivity contribution in [1.82, 2.24) is 10.1 Å². The summed E-state index contributed by atoms with van der Waals surface area (Å²) in [5.74, 6) is -3.10. The van der Waals surface area contributed by atoms with Crippen LogP contribution in [-0.4, -0.2) is 29.2 Å². The number of hydrogen-bond donors (Lipinski definition) is 1. The first-order valence-electron chi connectivity index (χ1n) is 7.04. The maximum absolute atomic E-state index is 12.6. The minimum atomic E-state index is -4.94. The molecule has 12 heteroatoms. The summed E-state index contributed by atoms with van der Waals surface area (Å²) in [6.07, 6.45) is 0.438. The lowest BCUT2D eigenvalue weighted by Gasteiger charge is -2.15. The maximum Gasteiger partial charge on any atom is 0.341 e.